The summed E-state index contributed by atoms with van der Waals surface area (Å²) in [6, 6.07) is 15.1. The third-order valence-corrected chi connectivity index (χ3v) is 6.39. The molecule has 0 radical (unpaired) electrons. The molecule has 0 bridgehead atoms. The van der Waals surface area contributed by atoms with E-state index in [1.165, 1.54) is 0 Å². The molecule has 1 aliphatic heterocycles. The first-order valence-electron chi connectivity index (χ1n) is 10.5. The van der Waals surface area contributed by atoms with E-state index in [-0.39, 0.29) is 12.5 Å². The summed E-state index contributed by atoms with van der Waals surface area (Å²) >= 11 is 3.41. The molecule has 4 rings (SSSR count). The summed E-state index contributed by atoms with van der Waals surface area (Å²) < 4.78 is 2.54. The largest absolute Gasteiger partial charge is 0.395 e. The van der Waals surface area contributed by atoms with Gasteiger partial charge in [0.1, 0.15) is 0 Å². The maximum absolute atomic E-state index is 12.5. The molecular weight excluding hydrogens is 472 g/mol. The number of nitrogens with zero attached hydrogens (tertiary/aromatic N) is 3. The SMILES string of the molecule is C[C@H](/C=C/CCn1cc(C(CO)c2ccccc2)nn1)[C@@]1(O)C(=O)Nc2ccc(Br)cc21. The maximum Gasteiger partial charge on any atom is 0.261 e. The average Bonchev–Trinajstić information content (AvgIpc) is 3.36. The molecule has 0 spiro atoms. The maximum atomic E-state index is 12.5. The van der Waals surface area contributed by atoms with Crippen molar-refractivity contribution in [2.24, 2.45) is 5.92 Å². The van der Waals surface area contributed by atoms with Crippen LogP contribution in [0.5, 0.6) is 0 Å². The third kappa shape index (κ3) is 4.26. The summed E-state index contributed by atoms with van der Waals surface area (Å²) in [5.74, 6) is -1.05. The molecule has 3 atom stereocenters. The van der Waals surface area contributed by atoms with Crippen molar-refractivity contribution in [2.45, 2.75) is 31.4 Å². The fourth-order valence-corrected chi connectivity index (χ4v) is 4.38. The van der Waals surface area contributed by atoms with E-state index in [0.717, 1.165) is 15.7 Å². The Labute approximate surface area is 194 Å². The summed E-state index contributed by atoms with van der Waals surface area (Å²) in [4.78, 5) is 12.5. The second kappa shape index (κ2) is 9.36. The highest BCUT2D eigenvalue weighted by atomic mass is 79.9. The van der Waals surface area contributed by atoms with E-state index < -0.39 is 17.4 Å². The van der Waals surface area contributed by atoms with Gasteiger partial charge < -0.3 is 15.5 Å². The fraction of sp³-hybridized carbons (Fsp3) is 0.292. The molecule has 2 heterocycles. The molecule has 3 aromatic rings. The van der Waals surface area contributed by atoms with Gasteiger partial charge in [-0.25, -0.2) is 0 Å². The Bertz CT molecular complexity index is 1130. The zero-order valence-corrected chi connectivity index (χ0v) is 19.2. The van der Waals surface area contributed by atoms with E-state index in [0.29, 0.717) is 24.2 Å². The van der Waals surface area contributed by atoms with Gasteiger partial charge in [-0.3, -0.25) is 9.48 Å². The average molecular weight is 497 g/mol. The molecule has 7 nitrogen and oxygen atoms in total. The van der Waals surface area contributed by atoms with Crippen LogP contribution in [0.15, 0.2) is 71.4 Å². The Balaban J connectivity index is 1.40. The lowest BCUT2D eigenvalue weighted by atomic mass is 9.83. The first kappa shape index (κ1) is 22.4. The number of hydrogen-bond acceptors (Lipinski definition) is 5. The summed E-state index contributed by atoms with van der Waals surface area (Å²) in [5.41, 5.74) is 1.31. The van der Waals surface area contributed by atoms with E-state index in [1.807, 2.05) is 61.7 Å². The lowest BCUT2D eigenvalue weighted by Crippen LogP contribution is -2.39. The molecule has 1 amide bonds. The molecule has 3 N–H and O–H groups in total. The van der Waals surface area contributed by atoms with Crippen molar-refractivity contribution in [3.8, 4) is 0 Å². The van der Waals surface area contributed by atoms with Gasteiger partial charge in [0.15, 0.2) is 5.60 Å². The van der Waals surface area contributed by atoms with Crippen molar-refractivity contribution in [3.63, 3.8) is 0 Å². The van der Waals surface area contributed by atoms with Gasteiger partial charge in [-0.05, 0) is 30.2 Å². The molecule has 32 heavy (non-hydrogen) atoms. The van der Waals surface area contributed by atoms with Crippen LogP contribution >= 0.6 is 15.9 Å². The van der Waals surface area contributed by atoms with Crippen LogP contribution in [-0.2, 0) is 16.9 Å². The zero-order chi connectivity index (χ0) is 22.7. The van der Waals surface area contributed by atoms with Gasteiger partial charge in [0.25, 0.3) is 5.91 Å². The fourth-order valence-electron chi connectivity index (χ4n) is 4.02. The molecule has 0 fully saturated rings. The highest BCUT2D eigenvalue weighted by Crippen LogP contribution is 2.42. The minimum absolute atomic E-state index is 0.0433. The second-order valence-corrected chi connectivity index (χ2v) is 8.88. The van der Waals surface area contributed by atoms with Crippen molar-refractivity contribution in [1.29, 1.82) is 0 Å². The Hall–Kier alpha value is -2.81. The Kier molecular flexibility index (Phi) is 6.55. The first-order chi connectivity index (χ1) is 15.4. The van der Waals surface area contributed by atoms with Gasteiger partial charge in [0.2, 0.25) is 0 Å². The van der Waals surface area contributed by atoms with Gasteiger partial charge in [0, 0.05) is 34.4 Å². The smallest absolute Gasteiger partial charge is 0.261 e. The van der Waals surface area contributed by atoms with Gasteiger partial charge >= 0.3 is 0 Å². The molecule has 1 aliphatic rings. The van der Waals surface area contributed by atoms with Gasteiger partial charge in [-0.2, -0.15) is 0 Å². The second-order valence-electron chi connectivity index (χ2n) is 7.97. The number of rotatable bonds is 8. The van der Waals surface area contributed by atoms with Crippen molar-refractivity contribution < 1.29 is 15.0 Å². The molecule has 0 saturated carbocycles. The number of fused-ring (bicyclic) bond motifs is 1. The Morgan fingerprint density at radius 1 is 1.25 bits per heavy atom. The number of nitrogens with one attached hydrogen (secondary N) is 1. The van der Waals surface area contributed by atoms with Crippen LogP contribution in [0.4, 0.5) is 5.69 Å². The van der Waals surface area contributed by atoms with Crippen LogP contribution in [0.1, 0.15) is 36.1 Å². The van der Waals surface area contributed by atoms with E-state index in [4.69, 9.17) is 0 Å². The zero-order valence-electron chi connectivity index (χ0n) is 17.6. The highest BCUT2D eigenvalue weighted by molar-refractivity contribution is 9.10. The number of aliphatic hydroxyl groups is 2. The molecule has 2 aromatic carbocycles. The molecule has 8 heteroatoms. The van der Waals surface area contributed by atoms with Gasteiger partial charge in [-0.1, -0.05) is 70.6 Å². The molecule has 0 aliphatic carbocycles. The van der Waals surface area contributed by atoms with Crippen LogP contribution in [0.25, 0.3) is 0 Å². The number of aliphatic hydroxyl groups excluding tert-OH is 1. The van der Waals surface area contributed by atoms with Gasteiger partial charge in [-0.15, -0.1) is 5.10 Å². The number of hydrogen-bond donors (Lipinski definition) is 3. The van der Waals surface area contributed by atoms with Crippen LogP contribution in [0.2, 0.25) is 0 Å². The van der Waals surface area contributed by atoms with E-state index in [1.54, 1.807) is 16.8 Å². The monoisotopic (exact) mass is 496 g/mol. The number of benzene rings is 2. The number of allylic oxidation sites excluding steroid dienone is 1. The Morgan fingerprint density at radius 2 is 2.03 bits per heavy atom. The summed E-state index contributed by atoms with van der Waals surface area (Å²) in [7, 11) is 0. The summed E-state index contributed by atoms with van der Waals surface area (Å²) in [5, 5.41) is 32.1. The molecule has 0 saturated heterocycles. The summed E-state index contributed by atoms with van der Waals surface area (Å²) in [6.45, 7) is 2.37. The number of carbonyl (C=O) groups is 1. The van der Waals surface area contributed by atoms with Crippen LogP contribution in [0, 0.1) is 5.92 Å². The number of aromatic nitrogens is 3. The number of anilines is 1. The van der Waals surface area contributed by atoms with Crippen molar-refractivity contribution in [2.75, 3.05) is 11.9 Å². The molecule has 1 aromatic heterocycles. The van der Waals surface area contributed by atoms with Crippen LogP contribution in [-0.4, -0.2) is 37.7 Å². The minimum atomic E-state index is -1.61. The standard InChI is InChI=1S/C24H25BrN4O3/c1-16(24(32)20-13-18(25)10-11-21(20)26-23(24)31)7-5-6-12-29-14-22(27-28-29)19(15-30)17-8-3-2-4-9-17/h2-5,7-11,13-14,16,19,30,32H,6,12,15H2,1H3,(H,26,31)/b7-5+/t16-,19?,24+/m1/s1. The van der Waals surface area contributed by atoms with Crippen LogP contribution in [0.3, 0.4) is 0 Å². The minimum Gasteiger partial charge on any atom is -0.395 e. The van der Waals surface area contributed by atoms with Crippen molar-refractivity contribution >= 4 is 27.5 Å². The molecule has 1 unspecified atom stereocenters. The Morgan fingerprint density at radius 3 is 2.78 bits per heavy atom. The van der Waals surface area contributed by atoms with Crippen LogP contribution < -0.4 is 5.32 Å². The summed E-state index contributed by atoms with van der Waals surface area (Å²) in [6.07, 6.45) is 6.30. The predicted octanol–water partition coefficient (Wildman–Crippen LogP) is 3.59. The van der Waals surface area contributed by atoms with E-state index in [2.05, 4.69) is 31.6 Å². The number of amides is 1. The first-order valence-corrected chi connectivity index (χ1v) is 11.3. The normalized spacial score (nSPS) is 19.7. The van der Waals surface area contributed by atoms with E-state index in [9.17, 15) is 15.0 Å². The highest BCUT2D eigenvalue weighted by Gasteiger charge is 2.48. The van der Waals surface area contributed by atoms with E-state index >= 15 is 0 Å². The van der Waals surface area contributed by atoms with Gasteiger partial charge in [0.05, 0.1) is 18.2 Å². The van der Waals surface area contributed by atoms with Crippen molar-refractivity contribution in [3.05, 3.63) is 88.2 Å². The predicted molar refractivity (Wildman–Crippen MR) is 125 cm³/mol. The lowest BCUT2D eigenvalue weighted by molar-refractivity contribution is -0.137. The lowest BCUT2D eigenvalue weighted by Gasteiger charge is -2.26. The third-order valence-electron chi connectivity index (χ3n) is 5.89. The number of carbonyl (C=O) groups excluding carboxylic acids is 1. The topological polar surface area (TPSA) is 100 Å². The quantitative estimate of drug-likeness (QED) is 0.413. The number of aryl methyl sites for hydroxylation is 1. The molecular formula is C24H25BrN4O3. The van der Waals surface area contributed by atoms with Crippen molar-refractivity contribution in [1.82, 2.24) is 15.0 Å². The molecule has 166 valence electrons. The number of halogens is 1.